The number of fused-ring (bicyclic) bond motifs is 1. The molecule has 0 radical (unpaired) electrons. The van der Waals surface area contributed by atoms with Crippen molar-refractivity contribution in [3.05, 3.63) is 79.3 Å². The minimum absolute atomic E-state index is 0.00824. The Kier molecular flexibility index (Phi) is 6.84. The lowest BCUT2D eigenvalue weighted by molar-refractivity contribution is -0.116. The molecular weight excluding hydrogens is 437 g/mol. The highest BCUT2D eigenvalue weighted by atomic mass is 32.2. The van der Waals surface area contributed by atoms with E-state index in [2.05, 4.69) is 27.1 Å². The van der Waals surface area contributed by atoms with Gasteiger partial charge in [0.2, 0.25) is 5.91 Å². The maximum atomic E-state index is 14.4. The van der Waals surface area contributed by atoms with Crippen LogP contribution in [-0.4, -0.2) is 30.9 Å². The molecule has 2 aromatic carbocycles. The quantitative estimate of drug-likeness (QED) is 0.274. The number of thioether (sulfide) groups is 1. The van der Waals surface area contributed by atoms with E-state index >= 15 is 0 Å². The molecule has 0 saturated carbocycles. The van der Waals surface area contributed by atoms with E-state index in [1.165, 1.54) is 17.8 Å². The van der Waals surface area contributed by atoms with Crippen molar-refractivity contribution in [1.82, 2.24) is 19.7 Å². The van der Waals surface area contributed by atoms with Gasteiger partial charge in [-0.1, -0.05) is 49.9 Å². The normalized spacial score (nSPS) is 12.1. The van der Waals surface area contributed by atoms with Crippen LogP contribution >= 0.6 is 11.8 Å². The van der Waals surface area contributed by atoms with Gasteiger partial charge in [0.15, 0.2) is 11.0 Å². The number of nitrogens with one attached hydrogen (secondary N) is 1. The van der Waals surface area contributed by atoms with Crippen molar-refractivity contribution >= 4 is 34.3 Å². The van der Waals surface area contributed by atoms with Crippen LogP contribution in [0.5, 0.6) is 0 Å². The number of anilines is 1. The van der Waals surface area contributed by atoms with Crippen molar-refractivity contribution in [3.8, 4) is 11.4 Å². The van der Waals surface area contributed by atoms with Gasteiger partial charge in [-0.15, -0.1) is 16.8 Å². The number of aromatic nitrogens is 4. The number of amides is 1. The molecule has 0 aliphatic carbocycles. The van der Waals surface area contributed by atoms with Crippen LogP contribution < -0.4 is 5.32 Å². The zero-order valence-corrected chi connectivity index (χ0v) is 19.2. The second-order valence-corrected chi connectivity index (χ2v) is 8.94. The van der Waals surface area contributed by atoms with Crippen molar-refractivity contribution in [2.24, 2.45) is 5.92 Å². The summed E-state index contributed by atoms with van der Waals surface area (Å²) in [6.45, 7) is 8.15. The fourth-order valence-electron chi connectivity index (χ4n) is 3.53. The van der Waals surface area contributed by atoms with E-state index in [0.717, 1.165) is 10.9 Å². The van der Waals surface area contributed by atoms with E-state index in [9.17, 15) is 9.18 Å². The van der Waals surface area contributed by atoms with Crippen LogP contribution in [-0.2, 0) is 11.3 Å². The van der Waals surface area contributed by atoms with Crippen molar-refractivity contribution in [2.75, 3.05) is 5.32 Å². The van der Waals surface area contributed by atoms with Crippen LogP contribution in [0.15, 0.2) is 78.6 Å². The summed E-state index contributed by atoms with van der Waals surface area (Å²) in [6, 6.07) is 15.8. The molecular formula is C25H24FN5OS. The molecule has 0 bridgehead atoms. The minimum atomic E-state index is -0.446. The highest BCUT2D eigenvalue weighted by Crippen LogP contribution is 2.32. The molecule has 4 rings (SSSR count). The Morgan fingerprint density at radius 3 is 2.73 bits per heavy atom. The largest absolute Gasteiger partial charge is 0.324 e. The highest BCUT2D eigenvalue weighted by molar-refractivity contribution is 8.00. The number of halogens is 1. The van der Waals surface area contributed by atoms with Crippen LogP contribution in [0.25, 0.3) is 22.3 Å². The molecule has 0 fully saturated rings. The van der Waals surface area contributed by atoms with Crippen LogP contribution in [0.2, 0.25) is 0 Å². The summed E-state index contributed by atoms with van der Waals surface area (Å²) < 4.78 is 16.2. The number of rotatable bonds is 8. The molecule has 2 aromatic heterocycles. The van der Waals surface area contributed by atoms with Crippen LogP contribution in [0.4, 0.5) is 10.1 Å². The zero-order valence-electron chi connectivity index (χ0n) is 18.4. The number of carbonyl (C=O) groups is 1. The van der Waals surface area contributed by atoms with E-state index < -0.39 is 5.25 Å². The topological polar surface area (TPSA) is 72.7 Å². The van der Waals surface area contributed by atoms with Gasteiger partial charge in [0.25, 0.3) is 0 Å². The number of nitrogens with zero attached hydrogens (tertiary/aromatic N) is 4. The van der Waals surface area contributed by atoms with E-state index in [-0.39, 0.29) is 17.6 Å². The molecule has 1 atom stereocenters. The van der Waals surface area contributed by atoms with Gasteiger partial charge in [0, 0.05) is 18.1 Å². The zero-order chi connectivity index (χ0) is 23.4. The number of hydrogen-bond donors (Lipinski definition) is 1. The Morgan fingerprint density at radius 1 is 1.15 bits per heavy atom. The third-order valence-corrected chi connectivity index (χ3v) is 6.67. The predicted octanol–water partition coefficient (Wildman–Crippen LogP) is 5.57. The summed E-state index contributed by atoms with van der Waals surface area (Å²) in [5.41, 5.74) is 1.87. The molecule has 0 aliphatic rings. The number of allylic oxidation sites excluding steroid dienone is 1. The number of hydrogen-bond acceptors (Lipinski definition) is 5. The Balaban J connectivity index is 1.64. The van der Waals surface area contributed by atoms with Crippen LogP contribution in [0.1, 0.15) is 13.8 Å². The van der Waals surface area contributed by atoms with Crippen molar-refractivity contribution in [2.45, 2.75) is 30.8 Å². The summed E-state index contributed by atoms with van der Waals surface area (Å²) in [7, 11) is 0. The predicted molar refractivity (Wildman–Crippen MR) is 130 cm³/mol. The Morgan fingerprint density at radius 2 is 1.97 bits per heavy atom. The molecule has 0 spiro atoms. The third kappa shape index (κ3) is 4.80. The van der Waals surface area contributed by atoms with Gasteiger partial charge in [-0.05, 0) is 42.3 Å². The van der Waals surface area contributed by atoms with Gasteiger partial charge < -0.3 is 5.32 Å². The third-order valence-electron chi connectivity index (χ3n) is 5.14. The molecule has 1 N–H and O–H groups in total. The molecule has 0 saturated heterocycles. The Labute approximate surface area is 196 Å². The van der Waals surface area contributed by atoms with Gasteiger partial charge in [-0.3, -0.25) is 14.3 Å². The number of carbonyl (C=O) groups excluding carboxylic acids is 1. The summed E-state index contributed by atoms with van der Waals surface area (Å²) in [4.78, 5) is 17.7. The number of pyridine rings is 1. The molecule has 0 aliphatic heterocycles. The first-order chi connectivity index (χ1) is 16.0. The number of benzene rings is 2. The SMILES string of the molecule is C=CCn1c(SC(C(=O)Nc2cccc3ncccc23)C(C)C)nnc1-c1ccccc1F. The van der Waals surface area contributed by atoms with E-state index in [1.54, 1.807) is 35.0 Å². The molecule has 2 heterocycles. The molecule has 4 aromatic rings. The van der Waals surface area contributed by atoms with Crippen LogP contribution in [0, 0.1) is 11.7 Å². The monoisotopic (exact) mass is 461 g/mol. The maximum absolute atomic E-state index is 14.4. The summed E-state index contributed by atoms with van der Waals surface area (Å²) in [5.74, 6) is -0.117. The first kappa shape index (κ1) is 22.7. The lowest BCUT2D eigenvalue weighted by Crippen LogP contribution is -2.30. The second-order valence-electron chi connectivity index (χ2n) is 7.83. The summed E-state index contributed by atoms with van der Waals surface area (Å²) >= 11 is 1.31. The average Bonchev–Trinajstić information content (AvgIpc) is 3.20. The highest BCUT2D eigenvalue weighted by Gasteiger charge is 2.28. The maximum Gasteiger partial charge on any atom is 0.238 e. The minimum Gasteiger partial charge on any atom is -0.324 e. The summed E-state index contributed by atoms with van der Waals surface area (Å²) in [6.07, 6.45) is 3.42. The molecule has 1 amide bonds. The first-order valence-corrected chi connectivity index (χ1v) is 11.5. The standard InChI is InChI=1S/C25H24FN5OS/c1-4-15-31-23(17-9-5-6-11-19(17)26)29-30-25(31)33-22(16(2)3)24(32)28-21-13-7-12-20-18(21)10-8-14-27-20/h4-14,16,22H,1,15H2,2-3H3,(H,28,32). The average molecular weight is 462 g/mol. The van der Waals surface area contributed by atoms with E-state index in [4.69, 9.17) is 0 Å². The van der Waals surface area contributed by atoms with E-state index in [1.807, 2.05) is 44.2 Å². The van der Waals surface area contributed by atoms with Gasteiger partial charge in [0.05, 0.1) is 22.0 Å². The van der Waals surface area contributed by atoms with Gasteiger partial charge in [-0.2, -0.15) is 0 Å². The van der Waals surface area contributed by atoms with Crippen LogP contribution in [0.3, 0.4) is 0 Å². The molecule has 1 unspecified atom stereocenters. The lowest BCUT2D eigenvalue weighted by Gasteiger charge is -2.20. The molecule has 6 nitrogen and oxygen atoms in total. The van der Waals surface area contributed by atoms with E-state index in [0.29, 0.717) is 28.8 Å². The molecule has 8 heteroatoms. The second kappa shape index (κ2) is 9.95. The lowest BCUT2D eigenvalue weighted by atomic mass is 10.1. The van der Waals surface area contributed by atoms with Crippen molar-refractivity contribution in [1.29, 1.82) is 0 Å². The molecule has 168 valence electrons. The van der Waals surface area contributed by atoms with Gasteiger partial charge in [-0.25, -0.2) is 4.39 Å². The van der Waals surface area contributed by atoms with Crippen molar-refractivity contribution in [3.63, 3.8) is 0 Å². The Hall–Kier alpha value is -3.52. The summed E-state index contributed by atoms with van der Waals surface area (Å²) in [5, 5.41) is 12.5. The fourth-order valence-corrected chi connectivity index (χ4v) is 4.57. The molecule has 33 heavy (non-hydrogen) atoms. The fraction of sp³-hybridized carbons (Fsp3) is 0.200. The van der Waals surface area contributed by atoms with Gasteiger partial charge >= 0.3 is 0 Å². The first-order valence-electron chi connectivity index (χ1n) is 10.6. The Bertz CT molecular complexity index is 1300. The van der Waals surface area contributed by atoms with Crippen molar-refractivity contribution < 1.29 is 9.18 Å². The smallest absolute Gasteiger partial charge is 0.238 e. The van der Waals surface area contributed by atoms with Gasteiger partial charge in [0.1, 0.15) is 5.82 Å².